The molecule has 0 unspecified atom stereocenters. The van der Waals surface area contributed by atoms with Gasteiger partial charge in [0.15, 0.2) is 12.4 Å². The third-order valence-electron chi connectivity index (χ3n) is 6.03. The highest BCUT2D eigenvalue weighted by Crippen LogP contribution is 2.33. The normalized spacial score (nSPS) is 11.5. The summed E-state index contributed by atoms with van der Waals surface area (Å²) in [7, 11) is 0. The van der Waals surface area contributed by atoms with E-state index < -0.39 is 12.5 Å². The zero-order chi connectivity index (χ0) is 26.2. The number of rotatable bonds is 5. The molecule has 4 rings (SSSR count). The lowest BCUT2D eigenvalue weighted by Gasteiger charge is -2.19. The molecule has 1 N–H and O–H groups in total. The molecule has 3 aromatic carbocycles. The molecule has 1 amide bonds. The maximum atomic E-state index is 13.5. The van der Waals surface area contributed by atoms with Crippen molar-refractivity contribution in [3.05, 3.63) is 91.6 Å². The molecule has 5 nitrogen and oxygen atoms in total. The van der Waals surface area contributed by atoms with Crippen LogP contribution in [-0.4, -0.2) is 12.5 Å². The Balaban J connectivity index is 1.72. The Morgan fingerprint density at radius 2 is 1.61 bits per heavy atom. The zero-order valence-corrected chi connectivity index (χ0v) is 22.3. The molecule has 1 heterocycles. The van der Waals surface area contributed by atoms with Crippen molar-refractivity contribution < 1.29 is 13.9 Å². The minimum atomic E-state index is -0.456. The standard InChI is InChI=1S/C29H27Cl2NO4/c1-16-12-21-24(13-17(16)2)36-27(18-6-8-19(9-7-18)29(3,4)5)28(26(21)34)35-15-25(33)32-20-10-11-22(30)23(31)14-20/h6-14H,15H2,1-5H3,(H,32,33). The summed E-state index contributed by atoms with van der Waals surface area (Å²) in [4.78, 5) is 26.1. The number of hydrogen-bond donors (Lipinski definition) is 1. The van der Waals surface area contributed by atoms with Crippen LogP contribution in [0.4, 0.5) is 5.69 Å². The summed E-state index contributed by atoms with van der Waals surface area (Å²) in [6.07, 6.45) is 0. The molecule has 0 saturated carbocycles. The van der Waals surface area contributed by atoms with Gasteiger partial charge in [-0.3, -0.25) is 9.59 Å². The van der Waals surface area contributed by atoms with Gasteiger partial charge >= 0.3 is 0 Å². The number of hydrogen-bond acceptors (Lipinski definition) is 4. The predicted octanol–water partition coefficient (Wildman–Crippen LogP) is 7.70. The Kier molecular flexibility index (Phi) is 7.17. The highest BCUT2D eigenvalue weighted by molar-refractivity contribution is 6.42. The number of anilines is 1. The average Bonchev–Trinajstić information content (AvgIpc) is 2.81. The minimum Gasteiger partial charge on any atom is -0.476 e. The van der Waals surface area contributed by atoms with Crippen LogP contribution in [0.15, 0.2) is 63.8 Å². The van der Waals surface area contributed by atoms with E-state index in [9.17, 15) is 9.59 Å². The van der Waals surface area contributed by atoms with Gasteiger partial charge in [-0.15, -0.1) is 0 Å². The number of fused-ring (bicyclic) bond motifs is 1. The summed E-state index contributed by atoms with van der Waals surface area (Å²) >= 11 is 12.0. The van der Waals surface area contributed by atoms with E-state index in [0.717, 1.165) is 16.7 Å². The van der Waals surface area contributed by atoms with Gasteiger partial charge in [-0.25, -0.2) is 0 Å². The lowest BCUT2D eigenvalue weighted by molar-refractivity contribution is -0.118. The second-order valence-electron chi connectivity index (χ2n) is 9.82. The van der Waals surface area contributed by atoms with Gasteiger partial charge in [0.25, 0.3) is 5.91 Å². The second kappa shape index (κ2) is 10.00. The van der Waals surface area contributed by atoms with Gasteiger partial charge in [0.2, 0.25) is 11.2 Å². The summed E-state index contributed by atoms with van der Waals surface area (Å²) in [5, 5.41) is 3.79. The van der Waals surface area contributed by atoms with E-state index >= 15 is 0 Å². The van der Waals surface area contributed by atoms with Gasteiger partial charge in [0, 0.05) is 11.3 Å². The number of carbonyl (C=O) groups is 1. The molecule has 0 atom stereocenters. The number of amides is 1. The fourth-order valence-corrected chi connectivity index (χ4v) is 4.08. The number of nitrogens with one attached hydrogen (secondary N) is 1. The van der Waals surface area contributed by atoms with E-state index in [0.29, 0.717) is 32.3 Å². The number of benzene rings is 3. The van der Waals surface area contributed by atoms with Gasteiger partial charge in [-0.05, 0) is 66.3 Å². The molecule has 7 heteroatoms. The Morgan fingerprint density at radius 3 is 2.25 bits per heavy atom. The lowest BCUT2D eigenvalue weighted by Crippen LogP contribution is -2.22. The summed E-state index contributed by atoms with van der Waals surface area (Å²) in [5.41, 5.74) is 4.35. The number of halogens is 2. The molecule has 0 aliphatic carbocycles. The van der Waals surface area contributed by atoms with Crippen LogP contribution >= 0.6 is 23.2 Å². The van der Waals surface area contributed by atoms with Crippen LogP contribution in [0.1, 0.15) is 37.5 Å². The van der Waals surface area contributed by atoms with E-state index in [-0.39, 0.29) is 22.4 Å². The van der Waals surface area contributed by atoms with Crippen LogP contribution in [0, 0.1) is 13.8 Å². The van der Waals surface area contributed by atoms with E-state index in [1.165, 1.54) is 0 Å². The van der Waals surface area contributed by atoms with E-state index in [1.54, 1.807) is 24.3 Å². The zero-order valence-electron chi connectivity index (χ0n) is 20.8. The Morgan fingerprint density at radius 1 is 0.944 bits per heavy atom. The van der Waals surface area contributed by atoms with Crippen molar-refractivity contribution in [1.29, 1.82) is 0 Å². The summed E-state index contributed by atoms with van der Waals surface area (Å²) < 4.78 is 12.0. The SMILES string of the molecule is Cc1cc2oc(-c3ccc(C(C)(C)C)cc3)c(OCC(=O)Nc3ccc(Cl)c(Cl)c3)c(=O)c2cc1C. The highest BCUT2D eigenvalue weighted by Gasteiger charge is 2.21. The van der Waals surface area contributed by atoms with Gasteiger partial charge in [-0.1, -0.05) is 68.2 Å². The molecule has 0 aliphatic rings. The fraction of sp³-hybridized carbons (Fsp3) is 0.241. The lowest BCUT2D eigenvalue weighted by atomic mass is 9.86. The molecule has 0 saturated heterocycles. The topological polar surface area (TPSA) is 68.5 Å². The molecule has 0 radical (unpaired) electrons. The second-order valence-corrected chi connectivity index (χ2v) is 10.6. The minimum absolute atomic E-state index is 0.0152. The van der Waals surface area contributed by atoms with Crippen molar-refractivity contribution >= 4 is 45.8 Å². The Bertz CT molecular complexity index is 1520. The molecule has 1 aromatic heterocycles. The highest BCUT2D eigenvalue weighted by atomic mass is 35.5. The van der Waals surface area contributed by atoms with Crippen molar-refractivity contribution in [1.82, 2.24) is 0 Å². The first kappa shape index (κ1) is 25.8. The Hall–Kier alpha value is -3.28. The first-order valence-electron chi connectivity index (χ1n) is 11.5. The fourth-order valence-electron chi connectivity index (χ4n) is 3.78. The summed E-state index contributed by atoms with van der Waals surface area (Å²) in [6, 6.07) is 16.2. The van der Waals surface area contributed by atoms with Crippen LogP contribution in [0.3, 0.4) is 0 Å². The quantitative estimate of drug-likeness (QED) is 0.291. The van der Waals surface area contributed by atoms with Crippen molar-refractivity contribution in [3.8, 4) is 17.1 Å². The molecule has 0 bridgehead atoms. The van der Waals surface area contributed by atoms with Crippen molar-refractivity contribution in [2.24, 2.45) is 0 Å². The average molecular weight is 524 g/mol. The summed E-state index contributed by atoms with van der Waals surface area (Å²) in [5.74, 6) is -0.195. The molecule has 36 heavy (non-hydrogen) atoms. The molecule has 0 spiro atoms. The van der Waals surface area contributed by atoms with Crippen LogP contribution in [0.2, 0.25) is 10.0 Å². The molecule has 0 fully saturated rings. The maximum absolute atomic E-state index is 13.5. The van der Waals surface area contributed by atoms with Crippen LogP contribution in [0.5, 0.6) is 5.75 Å². The summed E-state index contributed by atoms with van der Waals surface area (Å²) in [6.45, 7) is 9.89. The first-order valence-corrected chi connectivity index (χ1v) is 12.3. The van der Waals surface area contributed by atoms with Gasteiger partial charge in [0.05, 0.1) is 15.4 Å². The maximum Gasteiger partial charge on any atom is 0.262 e. The monoisotopic (exact) mass is 523 g/mol. The number of carbonyl (C=O) groups excluding carboxylic acids is 1. The van der Waals surface area contributed by atoms with Crippen LogP contribution in [0.25, 0.3) is 22.3 Å². The van der Waals surface area contributed by atoms with Crippen LogP contribution in [-0.2, 0) is 10.2 Å². The van der Waals surface area contributed by atoms with Gasteiger partial charge in [0.1, 0.15) is 5.58 Å². The van der Waals surface area contributed by atoms with Gasteiger partial charge in [-0.2, -0.15) is 0 Å². The van der Waals surface area contributed by atoms with Crippen LogP contribution < -0.4 is 15.5 Å². The third kappa shape index (κ3) is 5.43. The van der Waals surface area contributed by atoms with Crippen molar-refractivity contribution in [2.75, 3.05) is 11.9 Å². The van der Waals surface area contributed by atoms with Crippen molar-refractivity contribution in [2.45, 2.75) is 40.0 Å². The largest absolute Gasteiger partial charge is 0.476 e. The smallest absolute Gasteiger partial charge is 0.262 e. The molecule has 186 valence electrons. The van der Waals surface area contributed by atoms with E-state index in [2.05, 4.69) is 26.1 Å². The number of ether oxygens (including phenoxy) is 1. The number of aryl methyl sites for hydroxylation is 2. The Labute approximate surface area is 220 Å². The third-order valence-corrected chi connectivity index (χ3v) is 6.77. The molecular formula is C29H27Cl2NO4. The van der Waals surface area contributed by atoms with E-state index in [1.807, 2.05) is 44.2 Å². The first-order chi connectivity index (χ1) is 16.9. The predicted molar refractivity (Wildman–Crippen MR) is 147 cm³/mol. The molecule has 4 aromatic rings. The van der Waals surface area contributed by atoms with Gasteiger partial charge < -0.3 is 14.5 Å². The van der Waals surface area contributed by atoms with E-state index in [4.69, 9.17) is 32.4 Å². The molecular weight excluding hydrogens is 497 g/mol. The van der Waals surface area contributed by atoms with Crippen molar-refractivity contribution in [3.63, 3.8) is 0 Å². The molecule has 0 aliphatic heterocycles.